The van der Waals surface area contributed by atoms with Gasteiger partial charge in [-0.15, -0.1) is 0 Å². The van der Waals surface area contributed by atoms with Crippen LogP contribution in [-0.2, 0) is 12.8 Å². The van der Waals surface area contributed by atoms with Gasteiger partial charge >= 0.3 is 0 Å². The molecule has 0 bridgehead atoms. The van der Waals surface area contributed by atoms with Gasteiger partial charge in [0.05, 0.1) is 0 Å². The zero-order chi connectivity index (χ0) is 9.64. The van der Waals surface area contributed by atoms with Crippen molar-refractivity contribution in [2.24, 2.45) is 0 Å². The first-order valence-corrected chi connectivity index (χ1v) is 5.03. The summed E-state index contributed by atoms with van der Waals surface area (Å²) in [6, 6.07) is 21.2. The second kappa shape index (κ2) is 10.6. The van der Waals surface area contributed by atoms with Gasteiger partial charge in [0.2, 0.25) is 0 Å². The van der Waals surface area contributed by atoms with E-state index in [0.29, 0.717) is 0 Å². The Labute approximate surface area is 125 Å². The van der Waals surface area contributed by atoms with Gasteiger partial charge in [0.25, 0.3) is 0 Å². The van der Waals surface area contributed by atoms with Crippen LogP contribution in [0.2, 0.25) is 0 Å². The molecule has 0 spiro atoms. The molecule has 0 aliphatic rings. The number of hydrogen-bond donors (Lipinski definition) is 0. The van der Waals surface area contributed by atoms with Crippen LogP contribution in [0.25, 0.3) is 0 Å². The van der Waals surface area contributed by atoms with Gasteiger partial charge in [-0.3, -0.25) is 0 Å². The van der Waals surface area contributed by atoms with Crippen LogP contribution in [0.3, 0.4) is 0 Å². The Morgan fingerprint density at radius 1 is 0.471 bits per heavy atom. The van der Waals surface area contributed by atoms with E-state index in [4.69, 9.17) is 0 Å². The standard InChI is InChI=1S/C14H14.3H2S/c1-3-7-13(8-4-1)11-12-14-9-5-2-6-10-14;;;/h1-10H,11-12H2;3*1H2. The van der Waals surface area contributed by atoms with Crippen molar-refractivity contribution in [2.45, 2.75) is 12.8 Å². The molecule has 0 unspecified atom stereocenters. The largest absolute Gasteiger partial charge is 0.197 e. The summed E-state index contributed by atoms with van der Waals surface area (Å²) in [4.78, 5) is 0. The topological polar surface area (TPSA) is 0 Å². The van der Waals surface area contributed by atoms with Crippen LogP contribution in [0, 0.1) is 0 Å². The fourth-order valence-electron chi connectivity index (χ4n) is 1.58. The molecule has 2 aromatic carbocycles. The van der Waals surface area contributed by atoms with Gasteiger partial charge in [0.15, 0.2) is 0 Å². The summed E-state index contributed by atoms with van der Waals surface area (Å²) in [5.41, 5.74) is 2.83. The van der Waals surface area contributed by atoms with E-state index in [1.54, 1.807) is 0 Å². The van der Waals surface area contributed by atoms with Gasteiger partial charge < -0.3 is 0 Å². The lowest BCUT2D eigenvalue weighted by Crippen LogP contribution is -1.89. The molecule has 2 rings (SSSR count). The third-order valence-electron chi connectivity index (χ3n) is 2.39. The van der Waals surface area contributed by atoms with Crippen LogP contribution in [0.1, 0.15) is 11.1 Å². The maximum Gasteiger partial charge on any atom is -0.0238 e. The SMILES string of the molecule is S.S.S.c1ccc(CCc2ccccc2)cc1. The Morgan fingerprint density at radius 3 is 1.06 bits per heavy atom. The summed E-state index contributed by atoms with van der Waals surface area (Å²) in [6.07, 6.45) is 2.26. The lowest BCUT2D eigenvalue weighted by Gasteiger charge is -2.01. The molecule has 0 amide bonds. The summed E-state index contributed by atoms with van der Waals surface area (Å²) < 4.78 is 0. The van der Waals surface area contributed by atoms with Gasteiger partial charge in [-0.05, 0) is 24.0 Å². The molecule has 0 radical (unpaired) electrons. The molecule has 0 N–H and O–H groups in total. The van der Waals surface area contributed by atoms with E-state index in [1.165, 1.54) is 11.1 Å². The van der Waals surface area contributed by atoms with Crippen molar-refractivity contribution in [3.8, 4) is 0 Å². The first-order valence-electron chi connectivity index (χ1n) is 5.03. The molecule has 0 aliphatic carbocycles. The van der Waals surface area contributed by atoms with Crippen molar-refractivity contribution in [3.05, 3.63) is 71.8 Å². The maximum absolute atomic E-state index is 2.18. The Morgan fingerprint density at radius 2 is 0.765 bits per heavy atom. The molecule has 2 aromatic rings. The fraction of sp³-hybridized carbons (Fsp3) is 0.143. The van der Waals surface area contributed by atoms with Crippen LogP contribution in [-0.4, -0.2) is 0 Å². The number of benzene rings is 2. The van der Waals surface area contributed by atoms with Gasteiger partial charge in [0, 0.05) is 0 Å². The Hall–Kier alpha value is -0.510. The highest BCUT2D eigenvalue weighted by Crippen LogP contribution is 2.06. The van der Waals surface area contributed by atoms with Gasteiger partial charge in [-0.2, -0.15) is 40.5 Å². The van der Waals surface area contributed by atoms with E-state index < -0.39 is 0 Å². The monoisotopic (exact) mass is 284 g/mol. The molecule has 3 heteroatoms. The van der Waals surface area contributed by atoms with Gasteiger partial charge in [0.1, 0.15) is 0 Å². The summed E-state index contributed by atoms with van der Waals surface area (Å²) in [5.74, 6) is 0. The molecule has 0 atom stereocenters. The Kier molecular flexibility index (Phi) is 11.8. The molecule has 17 heavy (non-hydrogen) atoms. The average Bonchev–Trinajstić information content (AvgIpc) is 2.29. The van der Waals surface area contributed by atoms with Gasteiger partial charge in [-0.25, -0.2) is 0 Å². The zero-order valence-corrected chi connectivity index (χ0v) is 12.7. The molecule has 0 saturated carbocycles. The number of hydrogen-bond acceptors (Lipinski definition) is 0. The van der Waals surface area contributed by atoms with Crippen LogP contribution in [0.4, 0.5) is 0 Å². The first kappa shape index (κ1) is 18.8. The molecular weight excluding hydrogens is 264 g/mol. The maximum atomic E-state index is 2.18. The summed E-state index contributed by atoms with van der Waals surface area (Å²) in [5, 5.41) is 0. The van der Waals surface area contributed by atoms with Crippen molar-refractivity contribution in [1.29, 1.82) is 0 Å². The van der Waals surface area contributed by atoms with Crippen molar-refractivity contribution in [3.63, 3.8) is 0 Å². The fourth-order valence-corrected chi connectivity index (χ4v) is 1.58. The molecule has 0 heterocycles. The van der Waals surface area contributed by atoms with Crippen molar-refractivity contribution in [1.82, 2.24) is 0 Å². The molecule has 0 aliphatic heterocycles. The molecular formula is C14H20S3. The van der Waals surface area contributed by atoms with E-state index in [1.807, 2.05) is 0 Å². The minimum absolute atomic E-state index is 0. The summed E-state index contributed by atoms with van der Waals surface area (Å²) in [7, 11) is 0. The number of rotatable bonds is 3. The molecule has 94 valence electrons. The highest BCUT2D eigenvalue weighted by Gasteiger charge is 1.93. The number of aryl methyl sites for hydroxylation is 2. The molecule has 0 nitrogen and oxygen atoms in total. The van der Waals surface area contributed by atoms with Crippen molar-refractivity contribution < 1.29 is 0 Å². The summed E-state index contributed by atoms with van der Waals surface area (Å²) in [6.45, 7) is 0. The normalized spacial score (nSPS) is 8.24. The molecule has 0 aromatic heterocycles. The minimum Gasteiger partial charge on any atom is -0.197 e. The van der Waals surface area contributed by atoms with Crippen LogP contribution in [0.15, 0.2) is 60.7 Å². The van der Waals surface area contributed by atoms with Crippen LogP contribution < -0.4 is 0 Å². The smallest absolute Gasteiger partial charge is 0.0238 e. The summed E-state index contributed by atoms with van der Waals surface area (Å²) >= 11 is 0. The lowest BCUT2D eigenvalue weighted by molar-refractivity contribution is 0.960. The van der Waals surface area contributed by atoms with E-state index in [-0.39, 0.29) is 40.5 Å². The van der Waals surface area contributed by atoms with Crippen molar-refractivity contribution in [2.75, 3.05) is 0 Å². The van der Waals surface area contributed by atoms with E-state index in [9.17, 15) is 0 Å². The van der Waals surface area contributed by atoms with Crippen LogP contribution in [0.5, 0.6) is 0 Å². The third-order valence-corrected chi connectivity index (χ3v) is 2.39. The zero-order valence-electron chi connectivity index (χ0n) is 9.69. The Balaban J connectivity index is 0. The lowest BCUT2D eigenvalue weighted by atomic mass is 10.0. The van der Waals surface area contributed by atoms with Crippen LogP contribution >= 0.6 is 40.5 Å². The van der Waals surface area contributed by atoms with Crippen molar-refractivity contribution >= 4 is 40.5 Å². The highest BCUT2D eigenvalue weighted by molar-refractivity contribution is 7.59. The molecule has 0 saturated heterocycles. The third kappa shape index (κ3) is 6.71. The highest BCUT2D eigenvalue weighted by atomic mass is 32.1. The predicted octanol–water partition coefficient (Wildman–Crippen LogP) is 3.81. The Bertz CT molecular complexity index is 334. The molecule has 0 fully saturated rings. The van der Waals surface area contributed by atoms with E-state index in [2.05, 4.69) is 60.7 Å². The first-order chi connectivity index (χ1) is 6.95. The van der Waals surface area contributed by atoms with Gasteiger partial charge in [-0.1, -0.05) is 60.7 Å². The van der Waals surface area contributed by atoms with E-state index >= 15 is 0 Å². The quantitative estimate of drug-likeness (QED) is 0.804. The second-order valence-electron chi connectivity index (χ2n) is 3.47. The second-order valence-corrected chi connectivity index (χ2v) is 3.47. The predicted molar refractivity (Wildman–Crippen MR) is 91.4 cm³/mol. The average molecular weight is 285 g/mol. The minimum atomic E-state index is 0. The van der Waals surface area contributed by atoms with E-state index in [0.717, 1.165) is 12.8 Å².